The van der Waals surface area contributed by atoms with Gasteiger partial charge in [-0.2, -0.15) is 0 Å². The van der Waals surface area contributed by atoms with Gasteiger partial charge in [0, 0.05) is 5.56 Å². The van der Waals surface area contributed by atoms with Crippen LogP contribution >= 0.6 is 11.6 Å². The van der Waals surface area contributed by atoms with Crippen LogP contribution in [-0.4, -0.2) is 0 Å². The van der Waals surface area contributed by atoms with Gasteiger partial charge in [-0.15, -0.1) is 0 Å². The van der Waals surface area contributed by atoms with Crippen molar-refractivity contribution in [3.8, 4) is 0 Å². The lowest BCUT2D eigenvalue weighted by Gasteiger charge is -2.11. The van der Waals surface area contributed by atoms with E-state index >= 15 is 0 Å². The van der Waals surface area contributed by atoms with Crippen molar-refractivity contribution in [3.05, 3.63) is 52.8 Å². The quantitative estimate of drug-likeness (QED) is 0.649. The van der Waals surface area contributed by atoms with Gasteiger partial charge in [-0.3, -0.25) is 0 Å². The molecule has 2 rings (SSSR count). The Morgan fingerprint density at radius 1 is 1.29 bits per heavy atom. The minimum atomic E-state index is -0.237. The van der Waals surface area contributed by atoms with Crippen LogP contribution in [0.5, 0.6) is 0 Å². The van der Waals surface area contributed by atoms with Gasteiger partial charge in [-0.1, -0.05) is 35.9 Å². The second kappa shape index (κ2) is 3.97. The first-order valence-electron chi connectivity index (χ1n) is 4.59. The average molecular weight is 209 g/mol. The molecular weight excluding hydrogens is 199 g/mol. The molecule has 1 aromatic rings. The molecule has 1 aliphatic carbocycles. The van der Waals surface area contributed by atoms with Gasteiger partial charge in [0.1, 0.15) is 5.82 Å². The van der Waals surface area contributed by atoms with Crippen LogP contribution in [-0.2, 0) is 0 Å². The average Bonchev–Trinajstić information content (AvgIpc) is 2.19. The topological polar surface area (TPSA) is 0 Å². The first-order valence-corrected chi connectivity index (χ1v) is 4.97. The highest BCUT2D eigenvalue weighted by Gasteiger charge is 2.11. The van der Waals surface area contributed by atoms with Gasteiger partial charge < -0.3 is 0 Å². The molecule has 0 N–H and O–H groups in total. The van der Waals surface area contributed by atoms with Crippen molar-refractivity contribution in [2.75, 3.05) is 0 Å². The lowest BCUT2D eigenvalue weighted by atomic mass is 9.97. The summed E-state index contributed by atoms with van der Waals surface area (Å²) in [7, 11) is 0. The molecule has 0 radical (unpaired) electrons. The molecule has 0 saturated carbocycles. The second-order valence-corrected chi connectivity index (χ2v) is 3.66. The van der Waals surface area contributed by atoms with Gasteiger partial charge in [-0.25, -0.2) is 4.39 Å². The van der Waals surface area contributed by atoms with Crippen LogP contribution in [0, 0.1) is 5.82 Å². The number of rotatable bonds is 1. The molecule has 1 aliphatic rings. The van der Waals surface area contributed by atoms with Crippen LogP contribution in [0.3, 0.4) is 0 Å². The number of allylic oxidation sites excluding steroid dienone is 4. The second-order valence-electron chi connectivity index (χ2n) is 3.26. The highest BCUT2D eigenvalue weighted by Crippen LogP contribution is 2.31. The normalized spacial score (nSPS) is 15.4. The molecule has 0 fully saturated rings. The van der Waals surface area contributed by atoms with Crippen molar-refractivity contribution >= 4 is 17.2 Å². The van der Waals surface area contributed by atoms with E-state index in [1.165, 1.54) is 6.07 Å². The first-order chi connectivity index (χ1) is 6.79. The molecule has 1 aromatic carbocycles. The first kappa shape index (κ1) is 9.47. The highest BCUT2D eigenvalue weighted by atomic mass is 35.5. The van der Waals surface area contributed by atoms with E-state index in [4.69, 9.17) is 11.6 Å². The minimum absolute atomic E-state index is 0.237. The number of benzene rings is 1. The van der Waals surface area contributed by atoms with Gasteiger partial charge in [-0.05, 0) is 30.5 Å². The van der Waals surface area contributed by atoms with Crippen LogP contribution in [0.15, 0.2) is 36.4 Å². The van der Waals surface area contributed by atoms with Gasteiger partial charge in [0.25, 0.3) is 0 Å². The molecule has 0 atom stereocenters. The van der Waals surface area contributed by atoms with Crippen molar-refractivity contribution in [3.63, 3.8) is 0 Å². The third kappa shape index (κ3) is 1.73. The fourth-order valence-corrected chi connectivity index (χ4v) is 1.90. The van der Waals surface area contributed by atoms with E-state index in [9.17, 15) is 4.39 Å². The summed E-state index contributed by atoms with van der Waals surface area (Å²) in [5.41, 5.74) is 1.54. The van der Waals surface area contributed by atoms with E-state index in [-0.39, 0.29) is 5.82 Å². The van der Waals surface area contributed by atoms with Crippen molar-refractivity contribution in [2.24, 2.45) is 0 Å². The predicted molar refractivity (Wildman–Crippen MR) is 57.8 cm³/mol. The van der Waals surface area contributed by atoms with Crippen molar-refractivity contribution in [1.29, 1.82) is 0 Å². The van der Waals surface area contributed by atoms with Crippen molar-refractivity contribution < 1.29 is 4.39 Å². The molecule has 0 aliphatic heterocycles. The fourth-order valence-electron chi connectivity index (χ4n) is 1.62. The molecule has 0 spiro atoms. The molecule has 72 valence electrons. The predicted octanol–water partition coefficient (Wildman–Crippen LogP) is 4.21. The molecule has 2 heteroatoms. The Balaban J connectivity index is 2.50. The van der Waals surface area contributed by atoms with E-state index < -0.39 is 0 Å². The maximum absolute atomic E-state index is 13.5. The summed E-state index contributed by atoms with van der Waals surface area (Å²) in [6.45, 7) is 0. The van der Waals surface area contributed by atoms with E-state index in [0.717, 1.165) is 18.4 Å². The molecule has 0 saturated heterocycles. The van der Waals surface area contributed by atoms with Crippen LogP contribution in [0.1, 0.15) is 18.4 Å². The summed E-state index contributed by atoms with van der Waals surface area (Å²) in [5, 5.41) is 0.492. The van der Waals surface area contributed by atoms with E-state index in [0.29, 0.717) is 10.6 Å². The van der Waals surface area contributed by atoms with Gasteiger partial charge in [0.05, 0.1) is 5.02 Å². The summed E-state index contributed by atoms with van der Waals surface area (Å²) >= 11 is 5.96. The molecule has 0 unspecified atom stereocenters. The molecule has 0 nitrogen and oxygen atoms in total. The molecule has 0 amide bonds. The zero-order valence-corrected chi connectivity index (χ0v) is 8.39. The third-order valence-corrected chi connectivity index (χ3v) is 2.61. The molecule has 0 aromatic heterocycles. The Morgan fingerprint density at radius 2 is 2.14 bits per heavy atom. The summed E-state index contributed by atoms with van der Waals surface area (Å²) < 4.78 is 13.5. The molecule has 0 bridgehead atoms. The van der Waals surface area contributed by atoms with Crippen molar-refractivity contribution in [1.82, 2.24) is 0 Å². The van der Waals surface area contributed by atoms with Gasteiger partial charge >= 0.3 is 0 Å². The lowest BCUT2D eigenvalue weighted by Crippen LogP contribution is -1.93. The van der Waals surface area contributed by atoms with Crippen LogP contribution in [0.4, 0.5) is 4.39 Å². The SMILES string of the molecule is Fc1cccc(Cl)c1C1=CC=CCC1. The summed E-state index contributed by atoms with van der Waals surface area (Å²) in [6, 6.07) is 4.79. The van der Waals surface area contributed by atoms with Crippen LogP contribution in [0.25, 0.3) is 5.57 Å². The Labute approximate surface area is 87.7 Å². The maximum Gasteiger partial charge on any atom is 0.132 e. The minimum Gasteiger partial charge on any atom is -0.206 e. The maximum atomic E-state index is 13.5. The lowest BCUT2D eigenvalue weighted by molar-refractivity contribution is 0.623. The Bertz CT molecular complexity index is 385. The van der Waals surface area contributed by atoms with Crippen LogP contribution in [0.2, 0.25) is 5.02 Å². The summed E-state index contributed by atoms with van der Waals surface area (Å²) in [6.07, 6.45) is 7.75. The van der Waals surface area contributed by atoms with Gasteiger partial charge in [0.15, 0.2) is 0 Å². The van der Waals surface area contributed by atoms with E-state index in [2.05, 4.69) is 6.08 Å². The largest absolute Gasteiger partial charge is 0.206 e. The Morgan fingerprint density at radius 3 is 2.79 bits per heavy atom. The van der Waals surface area contributed by atoms with Gasteiger partial charge in [0.2, 0.25) is 0 Å². The number of hydrogen-bond donors (Lipinski definition) is 0. The van der Waals surface area contributed by atoms with Crippen LogP contribution < -0.4 is 0 Å². The number of hydrogen-bond acceptors (Lipinski definition) is 0. The van der Waals surface area contributed by atoms with E-state index in [1.807, 2.05) is 12.2 Å². The third-order valence-electron chi connectivity index (χ3n) is 2.30. The zero-order valence-electron chi connectivity index (χ0n) is 7.63. The fraction of sp³-hybridized carbons (Fsp3) is 0.167. The standard InChI is InChI=1S/C12H10ClF/c13-10-7-4-8-11(14)12(10)9-5-2-1-3-6-9/h1-2,4-5,7-8H,3,6H2. The molecular formula is C12H10ClF. The molecule has 0 heterocycles. The monoisotopic (exact) mass is 208 g/mol. The Hall–Kier alpha value is -1.08. The summed E-state index contributed by atoms with van der Waals surface area (Å²) in [4.78, 5) is 0. The summed E-state index contributed by atoms with van der Waals surface area (Å²) in [5.74, 6) is -0.237. The number of halogens is 2. The molecule has 14 heavy (non-hydrogen) atoms. The zero-order chi connectivity index (χ0) is 9.97. The van der Waals surface area contributed by atoms with Crippen molar-refractivity contribution in [2.45, 2.75) is 12.8 Å². The highest BCUT2D eigenvalue weighted by molar-refractivity contribution is 6.32. The van der Waals surface area contributed by atoms with E-state index in [1.54, 1.807) is 12.1 Å². The Kier molecular flexibility index (Phi) is 2.69. The smallest absolute Gasteiger partial charge is 0.132 e.